The van der Waals surface area contributed by atoms with Crippen LogP contribution < -0.4 is 10.9 Å². The fourth-order valence-corrected chi connectivity index (χ4v) is 4.51. The maximum absolute atomic E-state index is 6.16. The molecule has 26 heavy (non-hydrogen) atoms. The van der Waals surface area contributed by atoms with Crippen LogP contribution in [0.1, 0.15) is 68.2 Å². The van der Waals surface area contributed by atoms with Gasteiger partial charge < -0.3 is 18.6 Å². The Hall–Kier alpha value is -0.810. The van der Waals surface area contributed by atoms with E-state index in [1.165, 1.54) is 0 Å². The summed E-state index contributed by atoms with van der Waals surface area (Å²) in [6, 6.07) is 8.22. The Labute approximate surface area is 159 Å². The summed E-state index contributed by atoms with van der Waals surface area (Å²) in [5.74, 6) is 0. The summed E-state index contributed by atoms with van der Waals surface area (Å²) in [5.41, 5.74) is 1.18. The maximum Gasteiger partial charge on any atom is 0.494 e. The largest absolute Gasteiger partial charge is 0.494 e. The summed E-state index contributed by atoms with van der Waals surface area (Å²) in [6.07, 6.45) is 1.73. The van der Waals surface area contributed by atoms with Crippen LogP contribution >= 0.6 is 0 Å². The molecule has 0 amide bonds. The van der Waals surface area contributed by atoms with Gasteiger partial charge in [-0.25, -0.2) is 0 Å². The van der Waals surface area contributed by atoms with E-state index in [1.54, 1.807) is 0 Å². The molecule has 3 rings (SSSR count). The molecule has 6 heteroatoms. The quantitative estimate of drug-likeness (QED) is 0.762. The van der Waals surface area contributed by atoms with E-state index < -0.39 is 0 Å². The standard InChI is InChI=1S/C20H32B2O4/c1-17(2)13-18(3,4)24-21(23-17)15-9-11-16(12-10-15)22-25-19(5,6)14-20(7,8)26-22/h9-12H,13-14H2,1-8H3. The lowest BCUT2D eigenvalue weighted by atomic mass is 9.69. The first kappa shape index (κ1) is 19.9. The van der Waals surface area contributed by atoms with E-state index in [-0.39, 0.29) is 36.6 Å². The van der Waals surface area contributed by atoms with Crippen LogP contribution in [-0.2, 0) is 18.6 Å². The van der Waals surface area contributed by atoms with E-state index in [0.29, 0.717) is 0 Å². The van der Waals surface area contributed by atoms with Crippen molar-refractivity contribution in [1.82, 2.24) is 0 Å². The molecule has 2 heterocycles. The molecule has 0 saturated carbocycles. The van der Waals surface area contributed by atoms with Crippen molar-refractivity contribution in [3.63, 3.8) is 0 Å². The first-order valence-corrected chi connectivity index (χ1v) is 9.57. The molecule has 2 aliphatic heterocycles. The van der Waals surface area contributed by atoms with Crippen molar-refractivity contribution in [3.8, 4) is 0 Å². The molecule has 0 aliphatic carbocycles. The minimum Gasteiger partial charge on any atom is -0.402 e. The van der Waals surface area contributed by atoms with E-state index in [9.17, 15) is 0 Å². The van der Waals surface area contributed by atoms with Crippen molar-refractivity contribution in [2.75, 3.05) is 0 Å². The van der Waals surface area contributed by atoms with Gasteiger partial charge in [0.15, 0.2) is 0 Å². The molecule has 2 fully saturated rings. The molecule has 0 bridgehead atoms. The lowest BCUT2D eigenvalue weighted by Crippen LogP contribution is -2.57. The average molecular weight is 358 g/mol. The molecule has 1 aromatic rings. The Morgan fingerprint density at radius 2 is 0.769 bits per heavy atom. The predicted octanol–water partition coefficient (Wildman–Crippen LogP) is 3.07. The average Bonchev–Trinajstić information content (AvgIpc) is 2.41. The molecule has 0 atom stereocenters. The third-order valence-electron chi connectivity index (χ3n) is 4.89. The van der Waals surface area contributed by atoms with Gasteiger partial charge in [-0.3, -0.25) is 0 Å². The van der Waals surface area contributed by atoms with Crippen molar-refractivity contribution < 1.29 is 18.6 Å². The van der Waals surface area contributed by atoms with Gasteiger partial charge >= 0.3 is 14.2 Å². The number of benzene rings is 1. The first-order chi connectivity index (χ1) is 11.8. The zero-order valence-electron chi connectivity index (χ0n) is 17.5. The van der Waals surface area contributed by atoms with Crippen LogP contribution in [0.25, 0.3) is 0 Å². The van der Waals surface area contributed by atoms with Gasteiger partial charge in [0.1, 0.15) is 0 Å². The minimum atomic E-state index is -0.358. The molecule has 142 valence electrons. The molecule has 0 N–H and O–H groups in total. The van der Waals surface area contributed by atoms with Crippen molar-refractivity contribution in [1.29, 1.82) is 0 Å². The third-order valence-corrected chi connectivity index (χ3v) is 4.89. The van der Waals surface area contributed by atoms with Crippen molar-refractivity contribution in [3.05, 3.63) is 24.3 Å². The van der Waals surface area contributed by atoms with Crippen LogP contribution in [0.5, 0.6) is 0 Å². The summed E-state index contributed by atoms with van der Waals surface area (Å²) >= 11 is 0. The van der Waals surface area contributed by atoms with Crippen molar-refractivity contribution >= 4 is 25.2 Å². The number of rotatable bonds is 2. The Morgan fingerprint density at radius 3 is 1.00 bits per heavy atom. The monoisotopic (exact) mass is 358 g/mol. The summed E-state index contributed by atoms with van der Waals surface area (Å²) < 4.78 is 24.6. The molecule has 0 spiro atoms. The molecule has 2 saturated heterocycles. The van der Waals surface area contributed by atoms with E-state index >= 15 is 0 Å². The van der Waals surface area contributed by atoms with E-state index in [2.05, 4.69) is 79.7 Å². The summed E-state index contributed by atoms with van der Waals surface area (Å²) in [5, 5.41) is 0. The maximum atomic E-state index is 6.16. The lowest BCUT2D eigenvalue weighted by Gasteiger charge is -2.44. The van der Waals surface area contributed by atoms with Crippen LogP contribution in [0.2, 0.25) is 0 Å². The summed E-state index contributed by atoms with van der Waals surface area (Å²) in [7, 11) is -0.715. The second kappa shape index (κ2) is 6.37. The number of hydrogen-bond donors (Lipinski definition) is 0. The van der Waals surface area contributed by atoms with E-state index in [1.807, 2.05) is 0 Å². The van der Waals surface area contributed by atoms with Crippen molar-refractivity contribution in [2.45, 2.75) is 90.6 Å². The second-order valence-electron chi connectivity index (χ2n) is 10.2. The van der Waals surface area contributed by atoms with Crippen LogP contribution in [0.15, 0.2) is 24.3 Å². The van der Waals surface area contributed by atoms with Gasteiger partial charge in [0, 0.05) is 12.8 Å². The van der Waals surface area contributed by atoms with E-state index in [4.69, 9.17) is 18.6 Å². The highest BCUT2D eigenvalue weighted by Gasteiger charge is 2.45. The van der Waals surface area contributed by atoms with Gasteiger partial charge in [-0.2, -0.15) is 0 Å². The van der Waals surface area contributed by atoms with Gasteiger partial charge in [-0.1, -0.05) is 24.3 Å². The van der Waals surface area contributed by atoms with Crippen molar-refractivity contribution in [2.24, 2.45) is 0 Å². The molecule has 0 unspecified atom stereocenters. The zero-order chi connectivity index (χ0) is 19.4. The fourth-order valence-electron chi connectivity index (χ4n) is 4.51. The zero-order valence-corrected chi connectivity index (χ0v) is 17.5. The van der Waals surface area contributed by atoms with Gasteiger partial charge in [0.2, 0.25) is 0 Å². The highest BCUT2D eigenvalue weighted by Crippen LogP contribution is 2.34. The Morgan fingerprint density at radius 1 is 0.538 bits per heavy atom. The fraction of sp³-hybridized carbons (Fsp3) is 0.700. The smallest absolute Gasteiger partial charge is 0.402 e. The highest BCUT2D eigenvalue weighted by atomic mass is 16.6. The van der Waals surface area contributed by atoms with Gasteiger partial charge in [0.05, 0.1) is 22.4 Å². The van der Waals surface area contributed by atoms with Crippen LogP contribution in [0, 0.1) is 0 Å². The van der Waals surface area contributed by atoms with Gasteiger partial charge in [-0.05, 0) is 66.3 Å². The molecule has 2 aliphatic rings. The Kier molecular flexibility index (Phi) is 4.88. The lowest BCUT2D eigenvalue weighted by molar-refractivity contribution is -0.0727. The highest BCUT2D eigenvalue weighted by molar-refractivity contribution is 6.63. The molecular formula is C20H32B2O4. The third kappa shape index (κ3) is 4.72. The molecule has 4 nitrogen and oxygen atoms in total. The first-order valence-electron chi connectivity index (χ1n) is 9.57. The molecular weight excluding hydrogens is 326 g/mol. The second-order valence-corrected chi connectivity index (χ2v) is 10.2. The number of hydrogen-bond acceptors (Lipinski definition) is 4. The van der Waals surface area contributed by atoms with Gasteiger partial charge in [-0.15, -0.1) is 0 Å². The summed E-state index contributed by atoms with van der Waals surface area (Å²) in [4.78, 5) is 0. The Bertz CT molecular complexity index is 563. The Balaban J connectivity index is 1.78. The normalized spacial score (nSPS) is 26.6. The summed E-state index contributed by atoms with van der Waals surface area (Å²) in [6.45, 7) is 16.9. The topological polar surface area (TPSA) is 36.9 Å². The van der Waals surface area contributed by atoms with E-state index in [0.717, 1.165) is 23.8 Å². The van der Waals surface area contributed by atoms with Crippen LogP contribution in [0.3, 0.4) is 0 Å². The minimum absolute atomic E-state index is 0.214. The SMILES string of the molecule is CC1(C)CC(C)(C)OB(c2ccc(B3OC(C)(C)CC(C)(C)O3)cc2)O1. The predicted molar refractivity (Wildman–Crippen MR) is 107 cm³/mol. The van der Waals surface area contributed by atoms with Crippen LogP contribution in [-0.4, -0.2) is 36.6 Å². The van der Waals surface area contributed by atoms with Crippen LogP contribution in [0.4, 0.5) is 0 Å². The molecule has 0 radical (unpaired) electrons. The molecule has 1 aromatic carbocycles. The molecule has 0 aromatic heterocycles. The van der Waals surface area contributed by atoms with Gasteiger partial charge in [0.25, 0.3) is 0 Å².